The Morgan fingerprint density at radius 2 is 0.541 bits per heavy atom. The molecule has 0 N–H and O–H groups in total. The lowest BCUT2D eigenvalue weighted by Gasteiger charge is -2.18. The van der Waals surface area contributed by atoms with Crippen LogP contribution in [0.4, 0.5) is 0 Å². The van der Waals surface area contributed by atoms with Gasteiger partial charge in [-0.1, -0.05) is 272 Å². The number of carbonyl (C=O) groups excluding carboxylic acids is 3. The molecule has 0 aliphatic rings. The lowest BCUT2D eigenvalue weighted by Crippen LogP contribution is -2.30. The van der Waals surface area contributed by atoms with E-state index in [0.717, 1.165) is 63.7 Å². The molecular weight excluding hydrogens is 757 g/mol. The lowest BCUT2D eigenvalue weighted by atomic mass is 10.0. The van der Waals surface area contributed by atoms with E-state index in [9.17, 15) is 14.4 Å². The Bertz CT molecular complexity index is 918. The van der Waals surface area contributed by atoms with Crippen molar-refractivity contribution in [1.82, 2.24) is 0 Å². The molecule has 0 aromatic heterocycles. The van der Waals surface area contributed by atoms with Gasteiger partial charge < -0.3 is 14.2 Å². The van der Waals surface area contributed by atoms with Gasteiger partial charge >= 0.3 is 17.9 Å². The molecule has 0 saturated heterocycles. The van der Waals surface area contributed by atoms with Gasteiger partial charge in [-0.05, 0) is 25.2 Å². The minimum atomic E-state index is -0.761. The number of ether oxygens (including phenoxy) is 3. The predicted molar refractivity (Wildman–Crippen MR) is 261 cm³/mol. The van der Waals surface area contributed by atoms with Crippen molar-refractivity contribution in [3.63, 3.8) is 0 Å². The average molecular weight is 863 g/mol. The highest BCUT2D eigenvalue weighted by molar-refractivity contribution is 5.71. The Labute approximate surface area is 380 Å². The first kappa shape index (κ1) is 59.4. The summed E-state index contributed by atoms with van der Waals surface area (Å²) in [4.78, 5) is 38.0. The van der Waals surface area contributed by atoms with E-state index in [0.29, 0.717) is 19.3 Å². The highest BCUT2D eigenvalue weighted by Gasteiger charge is 2.19. The molecule has 0 aliphatic heterocycles. The number of unbranched alkanes of at least 4 members (excludes halogenated alkanes) is 37. The van der Waals surface area contributed by atoms with Crippen LogP contribution >= 0.6 is 0 Å². The third-order valence-corrected chi connectivity index (χ3v) is 12.5. The summed E-state index contributed by atoms with van der Waals surface area (Å²) in [7, 11) is 0. The van der Waals surface area contributed by atoms with Gasteiger partial charge in [0.1, 0.15) is 13.2 Å². The highest BCUT2D eigenvalue weighted by atomic mass is 16.6. The Hall–Kier alpha value is -1.59. The molecule has 6 nitrogen and oxygen atoms in total. The fourth-order valence-corrected chi connectivity index (χ4v) is 8.39. The maximum absolute atomic E-state index is 12.8. The summed E-state index contributed by atoms with van der Waals surface area (Å²) in [5, 5.41) is 0. The number of rotatable bonds is 50. The van der Waals surface area contributed by atoms with Crippen molar-refractivity contribution in [1.29, 1.82) is 0 Å². The fourth-order valence-electron chi connectivity index (χ4n) is 8.39. The van der Waals surface area contributed by atoms with Crippen LogP contribution in [-0.4, -0.2) is 37.2 Å². The van der Waals surface area contributed by atoms with E-state index in [1.54, 1.807) is 0 Å². The van der Waals surface area contributed by atoms with Crippen molar-refractivity contribution >= 4 is 17.9 Å². The first-order valence-corrected chi connectivity index (χ1v) is 27.4. The predicted octanol–water partition coefficient (Wildman–Crippen LogP) is 17.8. The van der Waals surface area contributed by atoms with E-state index in [2.05, 4.69) is 27.7 Å². The summed E-state index contributed by atoms with van der Waals surface area (Å²) in [6.45, 7) is 8.99. The third-order valence-electron chi connectivity index (χ3n) is 12.5. The summed E-state index contributed by atoms with van der Waals surface area (Å²) in [6.07, 6.45) is 52.4. The molecule has 0 radical (unpaired) electrons. The van der Waals surface area contributed by atoms with Crippen LogP contribution in [0.15, 0.2) is 0 Å². The van der Waals surface area contributed by atoms with E-state index in [1.807, 2.05) is 0 Å². The van der Waals surface area contributed by atoms with Crippen LogP contribution in [0.5, 0.6) is 0 Å². The molecule has 0 aliphatic carbocycles. The summed E-state index contributed by atoms with van der Waals surface area (Å²) < 4.78 is 16.8. The van der Waals surface area contributed by atoms with Gasteiger partial charge in [-0.25, -0.2) is 0 Å². The Morgan fingerprint density at radius 1 is 0.311 bits per heavy atom. The zero-order valence-corrected chi connectivity index (χ0v) is 41.6. The van der Waals surface area contributed by atoms with E-state index < -0.39 is 6.10 Å². The van der Waals surface area contributed by atoms with E-state index in [-0.39, 0.29) is 31.1 Å². The zero-order valence-electron chi connectivity index (χ0n) is 41.6. The minimum absolute atomic E-state index is 0.0630. The second kappa shape index (κ2) is 49.4. The van der Waals surface area contributed by atoms with Gasteiger partial charge in [0.25, 0.3) is 0 Å². The molecule has 1 atom stereocenters. The third kappa shape index (κ3) is 49.3. The second-order valence-corrected chi connectivity index (χ2v) is 19.3. The molecule has 0 rings (SSSR count). The summed E-state index contributed by atoms with van der Waals surface area (Å²) in [5.41, 5.74) is 0. The maximum atomic E-state index is 12.8. The fraction of sp³-hybridized carbons (Fsp3) is 0.945. The normalized spacial score (nSPS) is 12.0. The smallest absolute Gasteiger partial charge is 0.306 e. The lowest BCUT2D eigenvalue weighted by molar-refractivity contribution is -0.167. The molecule has 0 saturated carbocycles. The highest BCUT2D eigenvalue weighted by Crippen LogP contribution is 2.17. The first-order valence-electron chi connectivity index (χ1n) is 27.4. The molecule has 0 spiro atoms. The number of hydrogen-bond acceptors (Lipinski definition) is 6. The molecule has 0 heterocycles. The SMILES string of the molecule is CCCCCCCCCCCCCCCCCCCCCC(=O)O[C@H](COC(=O)CCCCCCCCCCCCCCCC)COC(=O)CCCCCCCCCC(C)C. The summed E-state index contributed by atoms with van der Waals surface area (Å²) in [5.74, 6) is -0.0624. The van der Waals surface area contributed by atoms with Gasteiger partial charge in [0, 0.05) is 19.3 Å². The second-order valence-electron chi connectivity index (χ2n) is 19.3. The van der Waals surface area contributed by atoms with Gasteiger partial charge in [-0.2, -0.15) is 0 Å². The van der Waals surface area contributed by atoms with E-state index in [4.69, 9.17) is 14.2 Å². The van der Waals surface area contributed by atoms with Gasteiger partial charge in [0.05, 0.1) is 0 Å². The van der Waals surface area contributed by atoms with Crippen molar-refractivity contribution in [2.45, 2.75) is 316 Å². The molecule has 0 aromatic carbocycles. The van der Waals surface area contributed by atoms with Crippen LogP contribution in [0, 0.1) is 5.92 Å². The molecule has 0 aromatic rings. The summed E-state index contributed by atoms with van der Waals surface area (Å²) >= 11 is 0. The van der Waals surface area contributed by atoms with Crippen LogP contribution < -0.4 is 0 Å². The molecule has 6 heteroatoms. The van der Waals surface area contributed by atoms with E-state index in [1.165, 1.54) is 205 Å². The standard InChI is InChI=1S/C55H106O6/c1-5-7-9-11-13-15-17-19-21-22-23-24-25-27-29-31-35-40-44-48-55(58)61-52(50-60-54(57)47-43-39-36-32-33-37-41-45-51(3)4)49-59-53(56)46-42-38-34-30-28-26-20-18-16-14-12-10-8-6-2/h51-52H,5-50H2,1-4H3/t52-/m1/s1. The van der Waals surface area contributed by atoms with Crippen LogP contribution in [0.2, 0.25) is 0 Å². The molecule has 0 bridgehead atoms. The minimum Gasteiger partial charge on any atom is -0.462 e. The largest absolute Gasteiger partial charge is 0.462 e. The quantitative estimate of drug-likeness (QED) is 0.0344. The van der Waals surface area contributed by atoms with Gasteiger partial charge in [0.15, 0.2) is 6.10 Å². The van der Waals surface area contributed by atoms with Crippen LogP contribution in [0.1, 0.15) is 310 Å². The molecular formula is C55H106O6. The number of carbonyl (C=O) groups is 3. The van der Waals surface area contributed by atoms with Gasteiger partial charge in [-0.3, -0.25) is 14.4 Å². The first-order chi connectivity index (χ1) is 29.9. The molecule has 0 fully saturated rings. The Kier molecular flexibility index (Phi) is 48.1. The Balaban J connectivity index is 4.25. The molecule has 0 amide bonds. The Morgan fingerprint density at radius 3 is 0.803 bits per heavy atom. The molecule has 61 heavy (non-hydrogen) atoms. The molecule has 0 unspecified atom stereocenters. The van der Waals surface area contributed by atoms with Crippen molar-refractivity contribution < 1.29 is 28.6 Å². The summed E-state index contributed by atoms with van der Waals surface area (Å²) in [6, 6.07) is 0. The number of hydrogen-bond donors (Lipinski definition) is 0. The van der Waals surface area contributed by atoms with Crippen molar-refractivity contribution in [2.24, 2.45) is 5.92 Å². The van der Waals surface area contributed by atoms with Gasteiger partial charge in [0.2, 0.25) is 0 Å². The maximum Gasteiger partial charge on any atom is 0.306 e. The topological polar surface area (TPSA) is 78.9 Å². The van der Waals surface area contributed by atoms with Crippen LogP contribution in [-0.2, 0) is 28.6 Å². The van der Waals surface area contributed by atoms with Crippen LogP contribution in [0.25, 0.3) is 0 Å². The average Bonchev–Trinajstić information content (AvgIpc) is 3.24. The van der Waals surface area contributed by atoms with E-state index >= 15 is 0 Å². The van der Waals surface area contributed by atoms with Crippen molar-refractivity contribution in [3.05, 3.63) is 0 Å². The van der Waals surface area contributed by atoms with Crippen LogP contribution in [0.3, 0.4) is 0 Å². The van der Waals surface area contributed by atoms with Gasteiger partial charge in [-0.15, -0.1) is 0 Å². The van der Waals surface area contributed by atoms with Crippen molar-refractivity contribution in [3.8, 4) is 0 Å². The number of esters is 3. The van der Waals surface area contributed by atoms with Crippen molar-refractivity contribution in [2.75, 3.05) is 13.2 Å². The zero-order chi connectivity index (χ0) is 44.5. The monoisotopic (exact) mass is 863 g/mol. The molecule has 362 valence electrons.